The predicted octanol–water partition coefficient (Wildman–Crippen LogP) is 3.20. The Morgan fingerprint density at radius 2 is 2.05 bits per heavy atom. The zero-order chi connectivity index (χ0) is 15.4. The average Bonchev–Trinajstić information content (AvgIpc) is 2.45. The van der Waals surface area contributed by atoms with Gasteiger partial charge in [-0.25, -0.2) is 4.98 Å². The first kappa shape index (κ1) is 15.6. The van der Waals surface area contributed by atoms with Crippen LogP contribution in [0.25, 0.3) is 0 Å². The van der Waals surface area contributed by atoms with Crippen molar-refractivity contribution in [3.8, 4) is 11.5 Å². The lowest BCUT2D eigenvalue weighted by Crippen LogP contribution is -2.11. The van der Waals surface area contributed by atoms with E-state index in [1.807, 2.05) is 12.1 Å². The summed E-state index contributed by atoms with van der Waals surface area (Å²) in [5.41, 5.74) is 9.35. The number of nitrogens with zero attached hydrogens (tertiary/aromatic N) is 2. The van der Waals surface area contributed by atoms with E-state index in [-0.39, 0.29) is 5.92 Å². The molecule has 0 fully saturated rings. The summed E-state index contributed by atoms with van der Waals surface area (Å²) in [6.45, 7) is 4.18. The molecule has 0 radical (unpaired) electrons. The van der Waals surface area contributed by atoms with E-state index < -0.39 is 0 Å². The molecule has 112 valence electrons. The summed E-state index contributed by atoms with van der Waals surface area (Å²) in [5, 5.41) is 0. The van der Waals surface area contributed by atoms with Gasteiger partial charge in [0.15, 0.2) is 5.75 Å². The van der Waals surface area contributed by atoms with E-state index in [9.17, 15) is 0 Å². The van der Waals surface area contributed by atoms with E-state index in [1.165, 1.54) is 0 Å². The van der Waals surface area contributed by atoms with Crippen LogP contribution in [0.2, 0.25) is 0 Å². The molecular formula is C14H17IN4O2. The highest BCUT2D eigenvalue weighted by molar-refractivity contribution is 14.1. The summed E-state index contributed by atoms with van der Waals surface area (Å²) in [4.78, 5) is 13.7. The van der Waals surface area contributed by atoms with Crippen molar-refractivity contribution in [1.82, 2.24) is 9.97 Å². The second-order valence-corrected chi connectivity index (χ2v) is 5.85. The Morgan fingerprint density at radius 1 is 1.29 bits per heavy atom. The fourth-order valence-electron chi connectivity index (χ4n) is 1.77. The molecular weight excluding hydrogens is 383 g/mol. The SMILES string of the molecule is COc1cc(C(C)C)c(ONc2nccc(N)n2)cc1I. The number of nitrogen functional groups attached to an aromatic ring is 1. The van der Waals surface area contributed by atoms with Crippen molar-refractivity contribution in [1.29, 1.82) is 0 Å². The molecule has 0 saturated carbocycles. The van der Waals surface area contributed by atoms with Gasteiger partial charge in [0.25, 0.3) is 5.95 Å². The maximum Gasteiger partial charge on any atom is 0.258 e. The van der Waals surface area contributed by atoms with Gasteiger partial charge in [0.05, 0.1) is 10.7 Å². The fraction of sp³-hybridized carbons (Fsp3) is 0.286. The molecule has 0 unspecified atom stereocenters. The molecule has 6 nitrogen and oxygen atoms in total. The van der Waals surface area contributed by atoms with Gasteiger partial charge >= 0.3 is 0 Å². The van der Waals surface area contributed by atoms with Crippen LogP contribution in [-0.4, -0.2) is 17.1 Å². The van der Waals surface area contributed by atoms with Crippen molar-refractivity contribution in [2.45, 2.75) is 19.8 Å². The van der Waals surface area contributed by atoms with Gasteiger partial charge in [-0.1, -0.05) is 13.8 Å². The number of hydrogen-bond acceptors (Lipinski definition) is 6. The number of benzene rings is 1. The van der Waals surface area contributed by atoms with Crippen LogP contribution in [0.4, 0.5) is 11.8 Å². The number of hydrogen-bond donors (Lipinski definition) is 2. The largest absolute Gasteiger partial charge is 0.496 e. The third-order valence-corrected chi connectivity index (χ3v) is 3.68. The third kappa shape index (κ3) is 3.87. The lowest BCUT2D eigenvalue weighted by atomic mass is 10.0. The molecule has 3 N–H and O–H groups in total. The molecule has 0 amide bonds. The minimum Gasteiger partial charge on any atom is -0.496 e. The minimum atomic E-state index is 0.287. The summed E-state index contributed by atoms with van der Waals surface area (Å²) >= 11 is 2.20. The van der Waals surface area contributed by atoms with Crippen molar-refractivity contribution < 1.29 is 9.57 Å². The molecule has 2 aromatic rings. The van der Waals surface area contributed by atoms with Gasteiger partial charge in [-0.15, -0.1) is 0 Å². The lowest BCUT2D eigenvalue weighted by Gasteiger charge is -2.16. The van der Waals surface area contributed by atoms with Gasteiger partial charge in [0, 0.05) is 17.8 Å². The first-order valence-electron chi connectivity index (χ1n) is 6.40. The summed E-state index contributed by atoms with van der Waals surface area (Å²) in [7, 11) is 1.65. The Kier molecular flexibility index (Phi) is 5.05. The van der Waals surface area contributed by atoms with Crippen LogP contribution in [-0.2, 0) is 0 Å². The molecule has 1 aromatic heterocycles. The van der Waals surface area contributed by atoms with Crippen LogP contribution in [0.1, 0.15) is 25.3 Å². The molecule has 21 heavy (non-hydrogen) atoms. The highest BCUT2D eigenvalue weighted by Crippen LogP contribution is 2.34. The zero-order valence-electron chi connectivity index (χ0n) is 12.1. The highest BCUT2D eigenvalue weighted by Gasteiger charge is 2.14. The van der Waals surface area contributed by atoms with Gasteiger partial charge < -0.3 is 15.3 Å². The highest BCUT2D eigenvalue weighted by atomic mass is 127. The number of aromatic nitrogens is 2. The van der Waals surface area contributed by atoms with Gasteiger partial charge in [-0.05, 0) is 40.6 Å². The van der Waals surface area contributed by atoms with Crippen LogP contribution in [0.15, 0.2) is 24.4 Å². The molecule has 2 rings (SSSR count). The lowest BCUT2D eigenvalue weighted by molar-refractivity contribution is 0.385. The van der Waals surface area contributed by atoms with Gasteiger partial charge in [-0.3, -0.25) is 0 Å². The second-order valence-electron chi connectivity index (χ2n) is 4.69. The number of halogens is 1. The van der Waals surface area contributed by atoms with E-state index >= 15 is 0 Å². The monoisotopic (exact) mass is 400 g/mol. The minimum absolute atomic E-state index is 0.287. The Morgan fingerprint density at radius 3 is 2.67 bits per heavy atom. The number of ether oxygens (including phenoxy) is 1. The Balaban J connectivity index is 2.24. The number of rotatable bonds is 5. The zero-order valence-corrected chi connectivity index (χ0v) is 14.2. The topological polar surface area (TPSA) is 82.3 Å². The Labute approximate surface area is 137 Å². The van der Waals surface area contributed by atoms with E-state index in [1.54, 1.807) is 19.4 Å². The molecule has 0 spiro atoms. The van der Waals surface area contributed by atoms with Gasteiger partial charge in [-0.2, -0.15) is 10.5 Å². The van der Waals surface area contributed by atoms with E-state index in [0.717, 1.165) is 14.9 Å². The number of nitrogens with two attached hydrogens (primary N) is 1. The van der Waals surface area contributed by atoms with Crippen LogP contribution >= 0.6 is 22.6 Å². The van der Waals surface area contributed by atoms with Crippen molar-refractivity contribution in [3.63, 3.8) is 0 Å². The Hall–Kier alpha value is -1.77. The molecule has 0 aliphatic heterocycles. The van der Waals surface area contributed by atoms with E-state index in [0.29, 0.717) is 17.5 Å². The summed E-state index contributed by atoms with van der Waals surface area (Å²) in [5.74, 6) is 2.52. The van der Waals surface area contributed by atoms with E-state index in [2.05, 4.69) is 51.9 Å². The molecule has 0 aliphatic rings. The van der Waals surface area contributed by atoms with Crippen molar-refractivity contribution in [3.05, 3.63) is 33.5 Å². The first-order chi connectivity index (χ1) is 10.0. The van der Waals surface area contributed by atoms with Gasteiger partial charge in [0.1, 0.15) is 11.6 Å². The number of methoxy groups -OCH3 is 1. The number of nitrogens with one attached hydrogen (secondary N) is 1. The average molecular weight is 400 g/mol. The molecule has 0 atom stereocenters. The maximum absolute atomic E-state index is 5.63. The van der Waals surface area contributed by atoms with Crippen molar-refractivity contribution >= 4 is 34.4 Å². The van der Waals surface area contributed by atoms with Crippen molar-refractivity contribution in [2.75, 3.05) is 18.3 Å². The summed E-state index contributed by atoms with van der Waals surface area (Å²) in [6, 6.07) is 5.50. The third-order valence-electron chi connectivity index (χ3n) is 2.84. The number of anilines is 2. The maximum atomic E-state index is 5.63. The van der Waals surface area contributed by atoms with E-state index in [4.69, 9.17) is 15.3 Å². The van der Waals surface area contributed by atoms with Crippen LogP contribution in [0, 0.1) is 3.57 Å². The molecule has 1 heterocycles. The van der Waals surface area contributed by atoms with Crippen LogP contribution in [0.3, 0.4) is 0 Å². The molecule has 0 saturated heterocycles. The second kappa shape index (κ2) is 6.79. The fourth-order valence-corrected chi connectivity index (χ4v) is 2.43. The van der Waals surface area contributed by atoms with Crippen LogP contribution in [0.5, 0.6) is 11.5 Å². The molecule has 0 aliphatic carbocycles. The predicted molar refractivity (Wildman–Crippen MR) is 90.5 cm³/mol. The molecule has 7 heteroatoms. The summed E-state index contributed by atoms with van der Waals surface area (Å²) in [6.07, 6.45) is 1.56. The standard InChI is InChI=1S/C14H17IN4O2/c1-8(2)9-6-12(20-3)10(15)7-11(9)21-19-14-17-5-4-13(16)18-14/h4-8H,1-3H3,(H3,16,17,18,19). The quantitative estimate of drug-likeness (QED) is 0.593. The first-order valence-corrected chi connectivity index (χ1v) is 7.48. The Bertz CT molecular complexity index is 634. The van der Waals surface area contributed by atoms with Gasteiger partial charge in [0.2, 0.25) is 0 Å². The van der Waals surface area contributed by atoms with Crippen molar-refractivity contribution in [2.24, 2.45) is 0 Å². The smallest absolute Gasteiger partial charge is 0.258 e. The summed E-state index contributed by atoms with van der Waals surface area (Å²) < 4.78 is 6.31. The molecule has 1 aromatic carbocycles. The van der Waals surface area contributed by atoms with Crippen LogP contribution < -0.4 is 20.8 Å². The normalized spacial score (nSPS) is 10.5. The molecule has 0 bridgehead atoms.